The first-order valence-electron chi connectivity index (χ1n) is 7.87. The van der Waals surface area contributed by atoms with Gasteiger partial charge in [-0.2, -0.15) is 0 Å². The Bertz CT molecular complexity index is 1050. The molecular weight excluding hydrogens is 352 g/mol. The van der Waals surface area contributed by atoms with Crippen molar-refractivity contribution >= 4 is 28.4 Å². The molecule has 0 unspecified atom stereocenters. The second-order valence-electron chi connectivity index (χ2n) is 5.91. The number of aromatic nitrogens is 1. The molecule has 26 heavy (non-hydrogen) atoms. The monoisotopic (exact) mass is 364 g/mol. The molecule has 4 rings (SSSR count). The molecule has 0 fully saturated rings. The molecule has 0 saturated carbocycles. The van der Waals surface area contributed by atoms with Crippen molar-refractivity contribution in [2.75, 3.05) is 0 Å². The van der Waals surface area contributed by atoms with Gasteiger partial charge in [-0.15, -0.1) is 10.2 Å². The fourth-order valence-electron chi connectivity index (χ4n) is 2.80. The van der Waals surface area contributed by atoms with Gasteiger partial charge in [-0.25, -0.2) is 0 Å². The largest absolute Gasteiger partial charge is 0.307 e. The van der Waals surface area contributed by atoms with Crippen molar-refractivity contribution < 1.29 is 4.79 Å². The van der Waals surface area contributed by atoms with Crippen LogP contribution in [0.4, 0.5) is 0 Å². The second kappa shape index (κ2) is 6.27. The third kappa shape index (κ3) is 2.82. The van der Waals surface area contributed by atoms with Crippen molar-refractivity contribution in [3.63, 3.8) is 0 Å². The van der Waals surface area contributed by atoms with E-state index in [4.69, 9.17) is 11.6 Å². The molecule has 1 aliphatic rings. The van der Waals surface area contributed by atoms with E-state index in [2.05, 4.69) is 31.0 Å². The Morgan fingerprint density at radius 2 is 1.81 bits per heavy atom. The predicted molar refractivity (Wildman–Crippen MR) is 97.8 cm³/mol. The summed E-state index contributed by atoms with van der Waals surface area (Å²) in [6.45, 7) is 1.60. The molecule has 0 radical (unpaired) electrons. The molecule has 1 amide bonds. The Kier molecular flexibility index (Phi) is 3.93. The Morgan fingerprint density at radius 1 is 1.08 bits per heavy atom. The highest BCUT2D eigenvalue weighted by Crippen LogP contribution is 2.37. The zero-order chi connectivity index (χ0) is 18.1. The van der Waals surface area contributed by atoms with Crippen LogP contribution in [0.3, 0.4) is 0 Å². The first kappa shape index (κ1) is 16.3. The maximum Gasteiger partial charge on any atom is 0.266 e. The van der Waals surface area contributed by atoms with Gasteiger partial charge < -0.3 is 5.32 Å². The van der Waals surface area contributed by atoms with Crippen molar-refractivity contribution in [2.45, 2.75) is 12.7 Å². The number of carbonyl (C=O) groups excluding carboxylic acids is 1. The van der Waals surface area contributed by atoms with E-state index < -0.39 is 11.7 Å². The summed E-state index contributed by atoms with van der Waals surface area (Å²) in [5.41, 5.74) is 2.62. The average molecular weight is 365 g/mol. The van der Waals surface area contributed by atoms with Crippen LogP contribution < -0.4 is 5.32 Å². The molecule has 0 atom stereocenters. The van der Waals surface area contributed by atoms with E-state index in [1.165, 1.54) is 0 Å². The van der Waals surface area contributed by atoms with Gasteiger partial charge in [0.15, 0.2) is 0 Å². The highest BCUT2D eigenvalue weighted by molar-refractivity contribution is 6.38. The maximum absolute atomic E-state index is 12.8. The molecule has 0 aliphatic carbocycles. The first-order chi connectivity index (χ1) is 12.6. The number of benzene rings is 2. The minimum absolute atomic E-state index is 0.310. The molecule has 1 aromatic heterocycles. The van der Waals surface area contributed by atoms with Gasteiger partial charge in [-0.1, -0.05) is 48.0 Å². The Labute approximate surface area is 153 Å². The summed E-state index contributed by atoms with van der Waals surface area (Å²) in [7, 11) is 0. The van der Waals surface area contributed by atoms with Gasteiger partial charge in [-0.05, 0) is 28.1 Å². The van der Waals surface area contributed by atoms with Crippen LogP contribution in [0.1, 0.15) is 17.3 Å². The second-order valence-corrected chi connectivity index (χ2v) is 6.29. The Morgan fingerprint density at radius 3 is 2.54 bits per heavy atom. The van der Waals surface area contributed by atoms with Gasteiger partial charge in [-0.3, -0.25) is 9.78 Å². The number of hydrogen-bond acceptors (Lipinski definition) is 6. The third-order valence-electron chi connectivity index (χ3n) is 4.01. The normalized spacial score (nSPS) is 14.7. The standard InChI is InChI=1S/C18H13ClN6O/c1-18(22-24-25-23-18)21-17(26)13-10-12-8-5-9-20-16(12)14(15(13)19)11-6-3-2-4-7-11/h2-10H,1H3,(H,21,26). The van der Waals surface area contributed by atoms with Gasteiger partial charge >= 0.3 is 0 Å². The van der Waals surface area contributed by atoms with Crippen molar-refractivity contribution in [3.8, 4) is 11.1 Å². The highest BCUT2D eigenvalue weighted by atomic mass is 35.5. The molecule has 0 spiro atoms. The molecule has 0 saturated heterocycles. The molecule has 2 aromatic carbocycles. The quantitative estimate of drug-likeness (QED) is 0.723. The Hall–Kier alpha value is -3.19. The smallest absolute Gasteiger partial charge is 0.266 e. The van der Waals surface area contributed by atoms with E-state index in [-0.39, 0.29) is 0 Å². The molecule has 0 bridgehead atoms. The van der Waals surface area contributed by atoms with Crippen LogP contribution in [0.15, 0.2) is 75.4 Å². The zero-order valence-electron chi connectivity index (χ0n) is 13.7. The summed E-state index contributed by atoms with van der Waals surface area (Å²) in [4.78, 5) is 17.3. The topological polar surface area (TPSA) is 91.4 Å². The minimum Gasteiger partial charge on any atom is -0.307 e. The summed E-state index contributed by atoms with van der Waals surface area (Å²) in [5.74, 6) is -1.64. The molecule has 1 aliphatic heterocycles. The first-order valence-corrected chi connectivity index (χ1v) is 8.24. The summed E-state index contributed by atoms with van der Waals surface area (Å²) in [5, 5.41) is 18.3. The van der Waals surface area contributed by atoms with Crippen LogP contribution in [0.25, 0.3) is 22.0 Å². The number of nitrogens with one attached hydrogen (secondary N) is 1. The molecule has 2 heterocycles. The molecule has 128 valence electrons. The maximum atomic E-state index is 12.8. The van der Waals surface area contributed by atoms with Crippen LogP contribution in [-0.2, 0) is 0 Å². The number of nitrogens with zero attached hydrogens (tertiary/aromatic N) is 5. The van der Waals surface area contributed by atoms with E-state index in [9.17, 15) is 4.79 Å². The molecule has 1 N–H and O–H groups in total. The van der Waals surface area contributed by atoms with Gasteiger partial charge in [0, 0.05) is 24.1 Å². The minimum atomic E-state index is -1.22. The van der Waals surface area contributed by atoms with Crippen LogP contribution in [0.5, 0.6) is 0 Å². The van der Waals surface area contributed by atoms with Crippen LogP contribution in [-0.4, -0.2) is 16.7 Å². The van der Waals surface area contributed by atoms with Crippen molar-refractivity contribution in [2.24, 2.45) is 20.7 Å². The molecule has 8 heteroatoms. The fraction of sp³-hybridized carbons (Fsp3) is 0.111. The van der Waals surface area contributed by atoms with Crippen molar-refractivity contribution in [1.29, 1.82) is 0 Å². The zero-order valence-corrected chi connectivity index (χ0v) is 14.5. The lowest BCUT2D eigenvalue weighted by Gasteiger charge is -2.18. The lowest BCUT2D eigenvalue weighted by atomic mass is 9.98. The van der Waals surface area contributed by atoms with E-state index >= 15 is 0 Å². The van der Waals surface area contributed by atoms with Gasteiger partial charge in [0.25, 0.3) is 11.7 Å². The lowest BCUT2D eigenvalue weighted by Crippen LogP contribution is -2.41. The number of pyridine rings is 1. The van der Waals surface area contributed by atoms with Crippen LogP contribution >= 0.6 is 11.6 Å². The fourth-order valence-corrected chi connectivity index (χ4v) is 3.14. The molecule has 7 nitrogen and oxygen atoms in total. The lowest BCUT2D eigenvalue weighted by molar-refractivity contribution is 0.0911. The van der Waals surface area contributed by atoms with Crippen LogP contribution in [0.2, 0.25) is 5.02 Å². The van der Waals surface area contributed by atoms with Gasteiger partial charge in [0.2, 0.25) is 0 Å². The predicted octanol–water partition coefficient (Wildman–Crippen LogP) is 4.79. The van der Waals surface area contributed by atoms with E-state index in [1.54, 1.807) is 19.2 Å². The van der Waals surface area contributed by atoms with Crippen molar-refractivity contribution in [3.05, 3.63) is 65.3 Å². The third-order valence-corrected chi connectivity index (χ3v) is 4.40. The highest BCUT2D eigenvalue weighted by Gasteiger charge is 2.30. The number of halogens is 1. The van der Waals surface area contributed by atoms with Gasteiger partial charge in [0.1, 0.15) is 0 Å². The van der Waals surface area contributed by atoms with E-state index in [0.29, 0.717) is 16.1 Å². The summed E-state index contributed by atoms with van der Waals surface area (Å²) >= 11 is 6.64. The van der Waals surface area contributed by atoms with Gasteiger partial charge in [0.05, 0.1) is 16.1 Å². The number of rotatable bonds is 3. The Balaban J connectivity index is 1.88. The number of amides is 1. The number of fused-ring (bicyclic) bond motifs is 1. The van der Waals surface area contributed by atoms with E-state index in [1.807, 2.05) is 42.5 Å². The summed E-state index contributed by atoms with van der Waals surface area (Å²) < 4.78 is 0. The van der Waals surface area contributed by atoms with E-state index in [0.717, 1.165) is 16.5 Å². The number of carbonyl (C=O) groups is 1. The summed E-state index contributed by atoms with van der Waals surface area (Å²) in [6.07, 6.45) is 1.70. The number of hydrogen-bond donors (Lipinski definition) is 1. The average Bonchev–Trinajstić information content (AvgIpc) is 3.08. The molecule has 3 aromatic rings. The van der Waals surface area contributed by atoms with Crippen LogP contribution in [0, 0.1) is 0 Å². The molecular formula is C18H13ClN6O. The SMILES string of the molecule is CC1(NC(=O)c2cc3cccnc3c(-c3ccccc3)c2Cl)N=NN=N1. The summed E-state index contributed by atoms with van der Waals surface area (Å²) in [6, 6.07) is 15.0. The van der Waals surface area contributed by atoms with Crippen molar-refractivity contribution in [1.82, 2.24) is 10.3 Å².